The minimum absolute atomic E-state index is 0.299. The largest absolute Gasteiger partial charge is 0.329 e. The monoisotopic (exact) mass is 270 g/mol. The van der Waals surface area contributed by atoms with E-state index in [2.05, 4.69) is 44.4 Å². The van der Waals surface area contributed by atoms with Crippen molar-refractivity contribution in [2.45, 2.75) is 57.7 Å². The van der Waals surface area contributed by atoms with Gasteiger partial charge in [-0.2, -0.15) is 11.8 Å². The number of likely N-dealkylation sites (tertiary alicyclic amines) is 1. The molecular formula is C15H30N2S. The molecule has 2 N–H and O–H groups in total. The Kier molecular flexibility index (Phi) is 4.35. The number of piperidine rings is 1. The summed E-state index contributed by atoms with van der Waals surface area (Å²) >= 11 is 2.11. The van der Waals surface area contributed by atoms with E-state index < -0.39 is 0 Å². The Balaban J connectivity index is 2.00. The highest BCUT2D eigenvalue weighted by Crippen LogP contribution is 2.43. The van der Waals surface area contributed by atoms with E-state index >= 15 is 0 Å². The van der Waals surface area contributed by atoms with E-state index in [9.17, 15) is 0 Å². The lowest BCUT2D eigenvalue weighted by Gasteiger charge is -2.48. The zero-order valence-corrected chi connectivity index (χ0v) is 13.4. The Morgan fingerprint density at radius 3 is 2.28 bits per heavy atom. The molecule has 0 aliphatic carbocycles. The molecule has 2 aliphatic heterocycles. The fourth-order valence-corrected chi connectivity index (χ4v) is 5.27. The summed E-state index contributed by atoms with van der Waals surface area (Å²) in [5, 5.41) is 0.702. The van der Waals surface area contributed by atoms with Crippen molar-refractivity contribution in [2.75, 3.05) is 25.4 Å². The Hall–Kier alpha value is 0.270. The molecular weight excluding hydrogens is 240 g/mol. The van der Waals surface area contributed by atoms with Crippen LogP contribution >= 0.6 is 11.8 Å². The number of hydrogen-bond donors (Lipinski definition) is 1. The van der Waals surface area contributed by atoms with Crippen LogP contribution in [0.15, 0.2) is 0 Å². The van der Waals surface area contributed by atoms with Gasteiger partial charge in [-0.3, -0.25) is 4.90 Å². The predicted octanol–water partition coefficient (Wildman–Crippen LogP) is 2.97. The standard InChI is InChI=1S/C15H30N2S/c1-12-15(11-16,7-10-18-12)17-8-5-13(6-9-17)14(2,3)4/h12-13H,5-11,16H2,1-4H3. The van der Waals surface area contributed by atoms with Gasteiger partial charge in [-0.05, 0) is 49.4 Å². The third kappa shape index (κ3) is 2.59. The van der Waals surface area contributed by atoms with Crippen LogP contribution in [0, 0.1) is 11.3 Å². The van der Waals surface area contributed by atoms with Crippen LogP contribution in [0.25, 0.3) is 0 Å². The van der Waals surface area contributed by atoms with Crippen LogP contribution in [-0.4, -0.2) is 41.1 Å². The number of nitrogens with zero attached hydrogens (tertiary/aromatic N) is 1. The van der Waals surface area contributed by atoms with E-state index in [4.69, 9.17) is 5.73 Å². The molecule has 2 nitrogen and oxygen atoms in total. The lowest BCUT2D eigenvalue weighted by molar-refractivity contribution is 0.0320. The van der Waals surface area contributed by atoms with E-state index in [1.807, 2.05) is 0 Å². The number of hydrogen-bond acceptors (Lipinski definition) is 3. The van der Waals surface area contributed by atoms with Gasteiger partial charge < -0.3 is 5.73 Å². The van der Waals surface area contributed by atoms with Crippen molar-refractivity contribution in [1.82, 2.24) is 4.90 Å². The SMILES string of the molecule is CC1SCCC1(CN)N1CCC(C(C)(C)C)CC1. The Morgan fingerprint density at radius 1 is 1.28 bits per heavy atom. The van der Waals surface area contributed by atoms with Crippen LogP contribution in [-0.2, 0) is 0 Å². The molecule has 0 saturated carbocycles. The Labute approximate surface area is 117 Å². The third-order valence-corrected chi connectivity index (χ3v) is 6.74. The lowest BCUT2D eigenvalue weighted by atomic mass is 9.74. The van der Waals surface area contributed by atoms with E-state index in [0.717, 1.165) is 12.5 Å². The first-order valence-corrected chi connectivity index (χ1v) is 8.52. The molecule has 2 saturated heterocycles. The molecule has 0 aromatic heterocycles. The fourth-order valence-electron chi connectivity index (χ4n) is 3.77. The van der Waals surface area contributed by atoms with Crippen molar-refractivity contribution >= 4 is 11.8 Å². The van der Waals surface area contributed by atoms with Gasteiger partial charge in [-0.15, -0.1) is 0 Å². The maximum Gasteiger partial charge on any atom is 0.0455 e. The summed E-state index contributed by atoms with van der Waals surface area (Å²) in [6.45, 7) is 12.9. The summed E-state index contributed by atoms with van der Waals surface area (Å²) in [7, 11) is 0. The highest BCUT2D eigenvalue weighted by atomic mass is 32.2. The molecule has 2 heterocycles. The number of rotatable bonds is 2. The topological polar surface area (TPSA) is 29.3 Å². The second kappa shape index (κ2) is 5.34. The highest BCUT2D eigenvalue weighted by molar-refractivity contribution is 8.00. The van der Waals surface area contributed by atoms with Gasteiger partial charge in [0.2, 0.25) is 0 Å². The molecule has 106 valence electrons. The van der Waals surface area contributed by atoms with Crippen LogP contribution < -0.4 is 5.73 Å². The quantitative estimate of drug-likeness (QED) is 0.836. The molecule has 0 bridgehead atoms. The zero-order valence-electron chi connectivity index (χ0n) is 12.5. The summed E-state index contributed by atoms with van der Waals surface area (Å²) in [5.74, 6) is 2.17. The molecule has 0 radical (unpaired) electrons. The smallest absolute Gasteiger partial charge is 0.0455 e. The summed E-state index contributed by atoms with van der Waals surface area (Å²) in [4.78, 5) is 2.72. The predicted molar refractivity (Wildman–Crippen MR) is 82.1 cm³/mol. The van der Waals surface area contributed by atoms with Crippen molar-refractivity contribution in [3.05, 3.63) is 0 Å². The van der Waals surface area contributed by atoms with Crippen molar-refractivity contribution < 1.29 is 0 Å². The zero-order chi connectivity index (χ0) is 13.4. The Bertz CT molecular complexity index is 279. The first-order chi connectivity index (χ1) is 8.40. The molecule has 2 unspecified atom stereocenters. The van der Waals surface area contributed by atoms with Gasteiger partial charge in [0, 0.05) is 17.3 Å². The second-order valence-electron chi connectivity index (χ2n) is 7.20. The summed E-state index contributed by atoms with van der Waals surface area (Å²) in [5.41, 5.74) is 6.92. The van der Waals surface area contributed by atoms with Crippen LogP contribution in [0.2, 0.25) is 0 Å². The van der Waals surface area contributed by atoms with Gasteiger partial charge in [0.15, 0.2) is 0 Å². The van der Waals surface area contributed by atoms with E-state index in [-0.39, 0.29) is 0 Å². The maximum absolute atomic E-state index is 6.16. The summed E-state index contributed by atoms with van der Waals surface area (Å²) in [6, 6.07) is 0. The molecule has 2 atom stereocenters. The average Bonchev–Trinajstić information content (AvgIpc) is 2.71. The summed E-state index contributed by atoms with van der Waals surface area (Å²) in [6.07, 6.45) is 3.99. The van der Waals surface area contributed by atoms with Gasteiger partial charge in [-0.25, -0.2) is 0 Å². The minimum Gasteiger partial charge on any atom is -0.329 e. The molecule has 2 fully saturated rings. The van der Waals surface area contributed by atoms with Crippen LogP contribution in [0.1, 0.15) is 47.0 Å². The molecule has 18 heavy (non-hydrogen) atoms. The Morgan fingerprint density at radius 2 is 1.89 bits per heavy atom. The van der Waals surface area contributed by atoms with Crippen LogP contribution in [0.3, 0.4) is 0 Å². The molecule has 0 aromatic rings. The van der Waals surface area contributed by atoms with Crippen molar-refractivity contribution in [1.29, 1.82) is 0 Å². The molecule has 0 amide bonds. The van der Waals surface area contributed by atoms with Crippen LogP contribution in [0.5, 0.6) is 0 Å². The van der Waals surface area contributed by atoms with E-state index in [1.165, 1.54) is 38.1 Å². The van der Waals surface area contributed by atoms with Gasteiger partial charge in [0.25, 0.3) is 0 Å². The summed E-state index contributed by atoms with van der Waals surface area (Å²) < 4.78 is 0. The number of nitrogens with two attached hydrogens (primary N) is 1. The van der Waals surface area contributed by atoms with Gasteiger partial charge >= 0.3 is 0 Å². The van der Waals surface area contributed by atoms with Crippen molar-refractivity contribution in [3.8, 4) is 0 Å². The molecule has 2 rings (SSSR count). The first-order valence-electron chi connectivity index (χ1n) is 7.47. The maximum atomic E-state index is 6.16. The molecule has 0 aromatic carbocycles. The highest BCUT2D eigenvalue weighted by Gasteiger charge is 2.46. The minimum atomic E-state index is 0.299. The van der Waals surface area contributed by atoms with Crippen LogP contribution in [0.4, 0.5) is 0 Å². The van der Waals surface area contributed by atoms with E-state index in [1.54, 1.807) is 0 Å². The van der Waals surface area contributed by atoms with Gasteiger partial charge in [-0.1, -0.05) is 27.7 Å². The van der Waals surface area contributed by atoms with Gasteiger partial charge in [0.05, 0.1) is 0 Å². The third-order valence-electron chi connectivity index (χ3n) is 5.36. The first kappa shape index (κ1) is 14.7. The van der Waals surface area contributed by atoms with E-state index in [0.29, 0.717) is 16.2 Å². The molecule has 0 spiro atoms. The van der Waals surface area contributed by atoms with Gasteiger partial charge in [0.1, 0.15) is 0 Å². The average molecular weight is 270 g/mol. The molecule has 2 aliphatic rings. The van der Waals surface area contributed by atoms with Crippen molar-refractivity contribution in [2.24, 2.45) is 17.1 Å². The van der Waals surface area contributed by atoms with Crippen molar-refractivity contribution in [3.63, 3.8) is 0 Å². The normalized spacial score (nSPS) is 36.2. The number of thioether (sulfide) groups is 1. The lowest BCUT2D eigenvalue weighted by Crippen LogP contribution is -2.59. The second-order valence-corrected chi connectivity index (χ2v) is 8.65. The molecule has 3 heteroatoms. The fraction of sp³-hybridized carbons (Fsp3) is 1.00.